The van der Waals surface area contributed by atoms with E-state index in [1.54, 1.807) is 12.1 Å². The Morgan fingerprint density at radius 3 is 2.48 bits per heavy atom. The molecule has 1 fully saturated rings. The fourth-order valence-electron chi connectivity index (χ4n) is 3.70. The molecule has 8 nitrogen and oxygen atoms in total. The molecule has 10 heteroatoms. The topological polar surface area (TPSA) is 98.4 Å². The van der Waals surface area contributed by atoms with Crippen molar-refractivity contribution >= 4 is 40.7 Å². The van der Waals surface area contributed by atoms with Crippen molar-refractivity contribution in [2.24, 2.45) is 0 Å². The number of aliphatic hydroxyl groups excluding tert-OH is 1. The Labute approximate surface area is 201 Å². The normalized spacial score (nSPS) is 17.8. The van der Waals surface area contributed by atoms with Crippen molar-refractivity contribution < 1.29 is 33.3 Å². The summed E-state index contributed by atoms with van der Waals surface area (Å²) in [7, 11) is 2.74. The molecule has 1 aromatic carbocycles. The Bertz CT molecular complexity index is 1060. The van der Waals surface area contributed by atoms with Crippen LogP contribution in [0.1, 0.15) is 37.6 Å². The lowest BCUT2D eigenvalue weighted by Crippen LogP contribution is -2.31. The number of Topliss-reactive ketones (excluding diaryl/α,β-unsaturated/α-hetero) is 1. The number of aliphatic hydroxyl groups is 1. The molecule has 0 aliphatic carbocycles. The number of likely N-dealkylation sites (tertiary alicyclic amines) is 1. The predicted octanol–water partition coefficient (Wildman–Crippen LogP) is 4.84. The molecule has 1 aliphatic heterocycles. The molecule has 178 valence electrons. The van der Waals surface area contributed by atoms with E-state index >= 15 is 0 Å². The van der Waals surface area contributed by atoms with Crippen LogP contribution >= 0.6 is 23.2 Å². The minimum atomic E-state index is -0.941. The van der Waals surface area contributed by atoms with Crippen LogP contribution in [0.25, 0.3) is 5.76 Å². The average molecular weight is 498 g/mol. The predicted molar refractivity (Wildman–Crippen MR) is 123 cm³/mol. The zero-order valence-corrected chi connectivity index (χ0v) is 20.2. The number of nitrogens with zero attached hydrogens (tertiary/aromatic N) is 1. The second-order valence-electron chi connectivity index (χ2n) is 7.57. The number of rotatable bonds is 9. The lowest BCUT2D eigenvalue weighted by molar-refractivity contribution is -0.140. The molecular weight excluding hydrogens is 473 g/mol. The fraction of sp³-hybridized carbons (Fsp3) is 0.391. The molecule has 1 unspecified atom stereocenters. The van der Waals surface area contributed by atoms with Crippen LogP contribution in [0.5, 0.6) is 11.5 Å². The van der Waals surface area contributed by atoms with E-state index < -0.39 is 23.5 Å². The summed E-state index contributed by atoms with van der Waals surface area (Å²) in [4.78, 5) is 27.3. The average Bonchev–Trinajstić information content (AvgIpc) is 3.38. The highest BCUT2D eigenvalue weighted by Crippen LogP contribution is 2.47. The van der Waals surface area contributed by atoms with Gasteiger partial charge in [-0.15, -0.1) is 0 Å². The Balaban J connectivity index is 2.12. The van der Waals surface area contributed by atoms with E-state index in [0.29, 0.717) is 18.8 Å². The third-order valence-corrected chi connectivity index (χ3v) is 5.77. The number of benzene rings is 1. The van der Waals surface area contributed by atoms with Gasteiger partial charge in [-0.2, -0.15) is 0 Å². The van der Waals surface area contributed by atoms with E-state index in [2.05, 4.69) is 0 Å². The monoisotopic (exact) mass is 497 g/mol. The summed E-state index contributed by atoms with van der Waals surface area (Å²) in [5.74, 6) is -1.58. The molecule has 33 heavy (non-hydrogen) atoms. The second kappa shape index (κ2) is 10.5. The Hall–Kier alpha value is -2.68. The van der Waals surface area contributed by atoms with Gasteiger partial charge in [0.25, 0.3) is 11.7 Å². The highest BCUT2D eigenvalue weighted by molar-refractivity contribution is 6.47. The SMILES string of the molecule is COc1c(Cl)cc(/C(O)=C2/C(=O)C(=O)N(CCCOC(C)C)C2c2ccco2)c(OC)c1Cl. The van der Waals surface area contributed by atoms with Crippen LogP contribution in [0.3, 0.4) is 0 Å². The van der Waals surface area contributed by atoms with Gasteiger partial charge in [-0.1, -0.05) is 23.2 Å². The van der Waals surface area contributed by atoms with E-state index in [1.165, 1.54) is 31.4 Å². The van der Waals surface area contributed by atoms with E-state index in [1.807, 2.05) is 13.8 Å². The molecule has 1 aromatic heterocycles. The molecule has 2 aromatic rings. The molecule has 0 saturated carbocycles. The second-order valence-corrected chi connectivity index (χ2v) is 8.35. The summed E-state index contributed by atoms with van der Waals surface area (Å²) in [6.07, 6.45) is 1.96. The van der Waals surface area contributed by atoms with Crippen LogP contribution in [-0.2, 0) is 14.3 Å². The Morgan fingerprint density at radius 2 is 1.91 bits per heavy atom. The van der Waals surface area contributed by atoms with E-state index in [9.17, 15) is 14.7 Å². The molecule has 1 N–H and O–H groups in total. The number of halogens is 2. The van der Waals surface area contributed by atoms with E-state index in [0.717, 1.165) is 0 Å². The standard InChI is InChI=1S/C23H25Cl2NO7/c1-12(2)32-10-6-8-26-18(15-7-5-9-33-15)16(20(28)23(26)29)19(27)13-11-14(24)22(31-4)17(25)21(13)30-3/h5,7,9,11-12,18,27H,6,8,10H2,1-4H3/b19-16-. The van der Waals surface area contributed by atoms with Crippen molar-refractivity contribution in [1.29, 1.82) is 0 Å². The molecule has 1 amide bonds. The smallest absolute Gasteiger partial charge is 0.295 e. The first-order chi connectivity index (χ1) is 15.7. The quantitative estimate of drug-likeness (QED) is 0.229. The molecule has 1 aliphatic rings. The molecule has 3 rings (SSSR count). The molecule has 1 saturated heterocycles. The highest BCUT2D eigenvalue weighted by Gasteiger charge is 2.47. The number of hydrogen-bond donors (Lipinski definition) is 1. The maximum Gasteiger partial charge on any atom is 0.295 e. The van der Waals surface area contributed by atoms with E-state index in [-0.39, 0.29) is 45.3 Å². The molecule has 2 heterocycles. The van der Waals surface area contributed by atoms with Gasteiger partial charge in [0, 0.05) is 13.2 Å². The summed E-state index contributed by atoms with van der Waals surface area (Å²) >= 11 is 12.6. The van der Waals surface area contributed by atoms with Gasteiger partial charge < -0.3 is 28.6 Å². The van der Waals surface area contributed by atoms with Crippen molar-refractivity contribution in [2.75, 3.05) is 27.4 Å². The number of hydrogen-bond acceptors (Lipinski definition) is 7. The van der Waals surface area contributed by atoms with Gasteiger partial charge in [0.2, 0.25) is 0 Å². The zero-order valence-electron chi connectivity index (χ0n) is 18.7. The van der Waals surface area contributed by atoms with Crippen molar-refractivity contribution in [1.82, 2.24) is 4.90 Å². The maximum atomic E-state index is 13.1. The molecular formula is C23H25Cl2NO7. The van der Waals surface area contributed by atoms with Crippen LogP contribution in [0.2, 0.25) is 10.0 Å². The first kappa shape index (κ1) is 25.0. The van der Waals surface area contributed by atoms with Crippen molar-refractivity contribution in [2.45, 2.75) is 32.4 Å². The number of carbonyl (C=O) groups excluding carboxylic acids is 2. The van der Waals surface area contributed by atoms with Crippen LogP contribution in [0.15, 0.2) is 34.5 Å². The number of amides is 1. The number of ether oxygens (including phenoxy) is 3. The summed E-state index contributed by atoms with van der Waals surface area (Å²) in [6.45, 7) is 4.45. The fourth-order valence-corrected chi connectivity index (χ4v) is 4.39. The van der Waals surface area contributed by atoms with Gasteiger partial charge in [0.15, 0.2) is 11.5 Å². The summed E-state index contributed by atoms with van der Waals surface area (Å²) in [5.41, 5.74) is -0.110. The largest absolute Gasteiger partial charge is 0.507 e. The van der Waals surface area contributed by atoms with Crippen molar-refractivity contribution in [3.8, 4) is 11.5 Å². The van der Waals surface area contributed by atoms with Crippen LogP contribution in [-0.4, -0.2) is 55.2 Å². The third-order valence-electron chi connectivity index (χ3n) is 5.14. The van der Waals surface area contributed by atoms with Crippen LogP contribution < -0.4 is 9.47 Å². The number of methoxy groups -OCH3 is 2. The highest BCUT2D eigenvalue weighted by atomic mass is 35.5. The van der Waals surface area contributed by atoms with Gasteiger partial charge in [-0.25, -0.2) is 0 Å². The van der Waals surface area contributed by atoms with Gasteiger partial charge >= 0.3 is 0 Å². The van der Waals surface area contributed by atoms with E-state index in [4.69, 9.17) is 41.8 Å². The maximum absolute atomic E-state index is 13.1. The Kier molecular flexibility index (Phi) is 7.94. The summed E-state index contributed by atoms with van der Waals surface area (Å²) < 4.78 is 21.6. The molecule has 1 atom stereocenters. The van der Waals surface area contributed by atoms with Gasteiger partial charge in [0.05, 0.1) is 42.7 Å². The first-order valence-corrected chi connectivity index (χ1v) is 11.0. The summed E-state index contributed by atoms with van der Waals surface area (Å²) in [5, 5.41) is 11.4. The van der Waals surface area contributed by atoms with Crippen LogP contribution in [0.4, 0.5) is 0 Å². The third kappa shape index (κ3) is 4.83. The summed E-state index contributed by atoms with van der Waals surface area (Å²) in [6, 6.07) is 3.69. The Morgan fingerprint density at radius 1 is 1.21 bits per heavy atom. The van der Waals surface area contributed by atoms with Gasteiger partial charge in [-0.3, -0.25) is 9.59 Å². The van der Waals surface area contributed by atoms with Gasteiger partial charge in [-0.05, 0) is 38.5 Å². The number of furan rings is 1. The minimum Gasteiger partial charge on any atom is -0.507 e. The number of carbonyl (C=O) groups is 2. The van der Waals surface area contributed by atoms with Gasteiger partial charge in [0.1, 0.15) is 22.6 Å². The van der Waals surface area contributed by atoms with Crippen LogP contribution in [0, 0.1) is 0 Å². The zero-order chi connectivity index (χ0) is 24.3. The molecule has 0 bridgehead atoms. The van der Waals surface area contributed by atoms with Crippen molar-refractivity contribution in [3.63, 3.8) is 0 Å². The molecule has 0 radical (unpaired) electrons. The first-order valence-electron chi connectivity index (χ1n) is 10.3. The lowest BCUT2D eigenvalue weighted by atomic mass is 9.98. The minimum absolute atomic E-state index is 0.0173. The number of ketones is 1. The molecule has 0 spiro atoms. The van der Waals surface area contributed by atoms with Crippen molar-refractivity contribution in [3.05, 3.63) is 51.4 Å². The lowest BCUT2D eigenvalue weighted by Gasteiger charge is -2.23.